The van der Waals surface area contributed by atoms with E-state index >= 15 is 0 Å². The second kappa shape index (κ2) is 5.11. The van der Waals surface area contributed by atoms with E-state index in [0.29, 0.717) is 11.5 Å². The number of hydrogen-bond donors (Lipinski definition) is 0. The zero-order chi connectivity index (χ0) is 16.1. The minimum atomic E-state index is -0.560. The smallest absolute Gasteiger partial charge is 0.253 e. The normalized spacial score (nSPS) is 23.6. The van der Waals surface area contributed by atoms with E-state index in [4.69, 9.17) is 0 Å². The number of likely N-dealkylation sites (tertiary alicyclic amines) is 1. The van der Waals surface area contributed by atoms with Crippen LogP contribution in [0.2, 0.25) is 0 Å². The van der Waals surface area contributed by atoms with Gasteiger partial charge in [0.25, 0.3) is 5.91 Å². The van der Waals surface area contributed by atoms with Gasteiger partial charge in [-0.3, -0.25) is 9.59 Å². The highest BCUT2D eigenvalue weighted by Gasteiger charge is 2.42. The first kappa shape index (κ1) is 15.1. The van der Waals surface area contributed by atoms with Crippen molar-refractivity contribution in [2.75, 3.05) is 25.0 Å². The molecule has 22 heavy (non-hydrogen) atoms. The number of nitrogens with zero attached hydrogens (tertiary/aromatic N) is 2. The summed E-state index contributed by atoms with van der Waals surface area (Å²) < 4.78 is 0. The number of rotatable bonds is 1. The number of fused-ring (bicyclic) bond motifs is 1. The van der Waals surface area contributed by atoms with Crippen LogP contribution in [0.1, 0.15) is 49.5 Å². The lowest BCUT2D eigenvalue weighted by atomic mass is 9.85. The molecule has 1 saturated heterocycles. The van der Waals surface area contributed by atoms with Crippen LogP contribution in [0.5, 0.6) is 0 Å². The van der Waals surface area contributed by atoms with E-state index in [0.717, 1.165) is 30.8 Å². The molecule has 0 saturated carbocycles. The summed E-state index contributed by atoms with van der Waals surface area (Å²) in [6, 6.07) is 5.67. The highest BCUT2D eigenvalue weighted by atomic mass is 16.2. The molecule has 0 spiro atoms. The molecule has 4 nitrogen and oxygen atoms in total. The summed E-state index contributed by atoms with van der Waals surface area (Å²) in [4.78, 5) is 28.7. The second-order valence-electron chi connectivity index (χ2n) is 7.22. The Balaban J connectivity index is 1.93. The molecule has 1 aromatic rings. The Hall–Kier alpha value is -1.84. The third-order valence-corrected chi connectivity index (χ3v) is 5.06. The lowest BCUT2D eigenvalue weighted by molar-refractivity contribution is -0.121. The maximum Gasteiger partial charge on any atom is 0.253 e. The fraction of sp³-hybridized carbons (Fsp3) is 0.556. The SMILES string of the molecule is CC1CCCN(C(=O)c2ccc3c(c2)C(C)(C)C(=O)N3C)C1. The molecule has 118 valence electrons. The van der Waals surface area contributed by atoms with Gasteiger partial charge in [0.1, 0.15) is 0 Å². The molecular formula is C18H24N2O2. The molecule has 1 aromatic carbocycles. The molecule has 0 N–H and O–H groups in total. The summed E-state index contributed by atoms with van der Waals surface area (Å²) in [6.07, 6.45) is 2.27. The van der Waals surface area contributed by atoms with Gasteiger partial charge in [0.2, 0.25) is 5.91 Å². The number of anilines is 1. The predicted molar refractivity (Wildman–Crippen MR) is 87.2 cm³/mol. The Morgan fingerprint density at radius 3 is 2.73 bits per heavy atom. The largest absolute Gasteiger partial charge is 0.338 e. The molecule has 2 aliphatic heterocycles. The highest BCUT2D eigenvalue weighted by molar-refractivity contribution is 6.08. The van der Waals surface area contributed by atoms with E-state index in [2.05, 4.69) is 6.92 Å². The Kier molecular flexibility index (Phi) is 3.50. The maximum absolute atomic E-state index is 12.7. The van der Waals surface area contributed by atoms with Crippen LogP contribution >= 0.6 is 0 Å². The molecule has 0 aliphatic carbocycles. The van der Waals surface area contributed by atoms with Crippen molar-refractivity contribution in [2.45, 2.75) is 39.0 Å². The summed E-state index contributed by atoms with van der Waals surface area (Å²) in [7, 11) is 1.80. The van der Waals surface area contributed by atoms with Gasteiger partial charge in [-0.05, 0) is 56.4 Å². The molecule has 2 amide bonds. The van der Waals surface area contributed by atoms with Crippen LogP contribution in [-0.2, 0) is 10.2 Å². The van der Waals surface area contributed by atoms with Crippen LogP contribution in [-0.4, -0.2) is 36.9 Å². The first-order valence-electron chi connectivity index (χ1n) is 8.04. The molecule has 0 aromatic heterocycles. The van der Waals surface area contributed by atoms with E-state index in [1.165, 1.54) is 6.42 Å². The van der Waals surface area contributed by atoms with Crippen molar-refractivity contribution in [3.63, 3.8) is 0 Å². The average molecular weight is 300 g/mol. The second-order valence-corrected chi connectivity index (χ2v) is 7.22. The monoisotopic (exact) mass is 300 g/mol. The van der Waals surface area contributed by atoms with Crippen LogP contribution in [0.4, 0.5) is 5.69 Å². The molecular weight excluding hydrogens is 276 g/mol. The maximum atomic E-state index is 12.7. The summed E-state index contributed by atoms with van der Waals surface area (Å²) in [5.41, 5.74) is 2.01. The predicted octanol–water partition coefficient (Wildman–Crippen LogP) is 2.81. The van der Waals surface area contributed by atoms with Crippen LogP contribution in [0.15, 0.2) is 18.2 Å². The van der Waals surface area contributed by atoms with E-state index in [9.17, 15) is 9.59 Å². The third kappa shape index (κ3) is 2.21. The Bertz CT molecular complexity index is 636. The number of likely N-dealkylation sites (N-methyl/N-ethyl adjacent to an activating group) is 1. The van der Waals surface area contributed by atoms with Crippen molar-refractivity contribution in [3.05, 3.63) is 29.3 Å². The van der Waals surface area contributed by atoms with Gasteiger partial charge in [-0.2, -0.15) is 0 Å². The molecule has 2 aliphatic rings. The Labute approximate surface area is 132 Å². The van der Waals surface area contributed by atoms with Gasteiger partial charge in [-0.1, -0.05) is 6.92 Å². The number of benzene rings is 1. The van der Waals surface area contributed by atoms with Gasteiger partial charge in [-0.15, -0.1) is 0 Å². The molecule has 0 bridgehead atoms. The highest BCUT2D eigenvalue weighted by Crippen LogP contribution is 2.41. The number of carbonyl (C=O) groups excluding carboxylic acids is 2. The molecule has 2 heterocycles. The molecule has 1 atom stereocenters. The van der Waals surface area contributed by atoms with Crippen LogP contribution in [0.3, 0.4) is 0 Å². The lowest BCUT2D eigenvalue weighted by Gasteiger charge is -2.31. The average Bonchev–Trinajstić information content (AvgIpc) is 2.67. The summed E-state index contributed by atoms with van der Waals surface area (Å²) in [5, 5.41) is 0. The zero-order valence-electron chi connectivity index (χ0n) is 13.8. The molecule has 1 unspecified atom stereocenters. The van der Waals surface area contributed by atoms with Gasteiger partial charge in [0, 0.05) is 31.4 Å². The standard InChI is InChI=1S/C18H24N2O2/c1-12-6-5-9-20(11-12)16(21)13-7-8-15-14(10-13)18(2,3)17(22)19(15)4/h7-8,10,12H,5-6,9,11H2,1-4H3. The number of amides is 2. The lowest BCUT2D eigenvalue weighted by Crippen LogP contribution is -2.39. The van der Waals surface area contributed by atoms with Gasteiger partial charge in [0.15, 0.2) is 0 Å². The van der Waals surface area contributed by atoms with Crippen molar-refractivity contribution in [3.8, 4) is 0 Å². The fourth-order valence-electron chi connectivity index (χ4n) is 3.66. The number of carbonyl (C=O) groups is 2. The first-order chi connectivity index (χ1) is 10.3. The molecule has 4 heteroatoms. The van der Waals surface area contributed by atoms with E-state index in [1.807, 2.05) is 36.9 Å². The fourth-order valence-corrected chi connectivity index (χ4v) is 3.66. The summed E-state index contributed by atoms with van der Waals surface area (Å²) in [6.45, 7) is 7.71. The van der Waals surface area contributed by atoms with Crippen LogP contribution < -0.4 is 4.90 Å². The van der Waals surface area contributed by atoms with Crippen LogP contribution in [0.25, 0.3) is 0 Å². The zero-order valence-corrected chi connectivity index (χ0v) is 13.8. The minimum absolute atomic E-state index is 0.0821. The van der Waals surface area contributed by atoms with E-state index in [1.54, 1.807) is 11.9 Å². The van der Waals surface area contributed by atoms with Crippen molar-refractivity contribution in [2.24, 2.45) is 5.92 Å². The number of hydrogen-bond acceptors (Lipinski definition) is 2. The summed E-state index contributed by atoms with van der Waals surface area (Å²) in [5.74, 6) is 0.738. The molecule has 0 radical (unpaired) electrons. The van der Waals surface area contributed by atoms with Crippen molar-refractivity contribution < 1.29 is 9.59 Å². The molecule has 3 rings (SSSR count). The van der Waals surface area contributed by atoms with E-state index in [-0.39, 0.29) is 11.8 Å². The summed E-state index contributed by atoms with van der Waals surface area (Å²) >= 11 is 0. The molecule has 1 fully saturated rings. The minimum Gasteiger partial charge on any atom is -0.338 e. The number of piperidine rings is 1. The van der Waals surface area contributed by atoms with Gasteiger partial charge in [0.05, 0.1) is 5.41 Å². The van der Waals surface area contributed by atoms with Gasteiger partial charge >= 0.3 is 0 Å². The van der Waals surface area contributed by atoms with Crippen molar-refractivity contribution >= 4 is 17.5 Å². The Morgan fingerprint density at radius 2 is 2.05 bits per heavy atom. The topological polar surface area (TPSA) is 40.6 Å². The van der Waals surface area contributed by atoms with Gasteiger partial charge < -0.3 is 9.80 Å². The quantitative estimate of drug-likeness (QED) is 0.800. The first-order valence-corrected chi connectivity index (χ1v) is 8.04. The Morgan fingerprint density at radius 1 is 1.32 bits per heavy atom. The van der Waals surface area contributed by atoms with Crippen molar-refractivity contribution in [1.29, 1.82) is 0 Å². The van der Waals surface area contributed by atoms with Crippen LogP contribution in [0, 0.1) is 5.92 Å². The third-order valence-electron chi connectivity index (χ3n) is 5.06. The van der Waals surface area contributed by atoms with Crippen molar-refractivity contribution in [1.82, 2.24) is 4.90 Å². The van der Waals surface area contributed by atoms with E-state index < -0.39 is 5.41 Å². The van der Waals surface area contributed by atoms with Gasteiger partial charge in [-0.25, -0.2) is 0 Å².